The van der Waals surface area contributed by atoms with Crippen molar-refractivity contribution in [3.05, 3.63) is 77.6 Å². The van der Waals surface area contributed by atoms with Crippen LogP contribution in [0.1, 0.15) is 5.56 Å². The van der Waals surface area contributed by atoms with Gasteiger partial charge in [0, 0.05) is 60.5 Å². The van der Waals surface area contributed by atoms with Gasteiger partial charge in [-0.15, -0.1) is 10.2 Å². The van der Waals surface area contributed by atoms with Crippen LogP contribution in [0, 0.1) is 6.92 Å². The van der Waals surface area contributed by atoms with E-state index < -0.39 is 0 Å². The molecule has 0 aliphatic carbocycles. The number of hydrogen-bond donors (Lipinski definition) is 0. The van der Waals surface area contributed by atoms with E-state index in [1.54, 1.807) is 19.5 Å². The van der Waals surface area contributed by atoms with Crippen LogP contribution in [-0.2, 0) is 4.79 Å². The van der Waals surface area contributed by atoms with Gasteiger partial charge in [-0.25, -0.2) is 0 Å². The topological polar surface area (TPSA) is 76.4 Å². The molecule has 2 aromatic heterocycles. The van der Waals surface area contributed by atoms with Crippen molar-refractivity contribution in [2.24, 2.45) is 0 Å². The molecule has 8 nitrogen and oxygen atoms in total. The minimum Gasteiger partial charge on any atom is -0.497 e. The monoisotopic (exact) mass is 534 g/mol. The molecule has 5 rings (SSSR count). The number of benzene rings is 2. The Labute approximate surface area is 225 Å². The largest absolute Gasteiger partial charge is 0.497 e. The number of carbonyl (C=O) groups is 1. The van der Waals surface area contributed by atoms with E-state index in [0.29, 0.717) is 24.1 Å². The molecule has 1 aliphatic heterocycles. The third-order valence-electron chi connectivity index (χ3n) is 6.35. The highest BCUT2D eigenvalue weighted by molar-refractivity contribution is 7.99. The molecule has 1 saturated heterocycles. The van der Waals surface area contributed by atoms with Gasteiger partial charge in [0.2, 0.25) is 5.91 Å². The van der Waals surface area contributed by atoms with Gasteiger partial charge in [0.25, 0.3) is 0 Å². The lowest BCUT2D eigenvalue weighted by atomic mass is 10.1. The maximum absolute atomic E-state index is 13.1. The second-order valence-electron chi connectivity index (χ2n) is 8.67. The van der Waals surface area contributed by atoms with Crippen LogP contribution in [0.15, 0.2) is 72.1 Å². The normalized spacial score (nSPS) is 13.6. The summed E-state index contributed by atoms with van der Waals surface area (Å²) in [5.74, 6) is 1.78. The third-order valence-corrected chi connectivity index (χ3v) is 7.50. The van der Waals surface area contributed by atoms with Crippen molar-refractivity contribution in [3.8, 4) is 22.8 Å². The molecule has 2 aromatic carbocycles. The Balaban J connectivity index is 1.29. The first-order valence-electron chi connectivity index (χ1n) is 12.0. The zero-order chi connectivity index (χ0) is 25.8. The van der Waals surface area contributed by atoms with Gasteiger partial charge in [-0.2, -0.15) is 0 Å². The fraction of sp³-hybridized carbons (Fsp3) is 0.259. The maximum atomic E-state index is 13.1. The highest BCUT2D eigenvalue weighted by atomic mass is 35.5. The molecule has 10 heteroatoms. The standard InChI is InChI=1S/C27H27ClN6O2S/c1-19-5-6-21(28)16-24(19)32-12-14-33(15-13-32)25(35)18-37-27-31-30-26(20-4-3-11-29-17-20)34(27)22-7-9-23(36-2)10-8-22/h3-11,16-17H,12-15,18H2,1-2H3. The van der Waals surface area contributed by atoms with E-state index in [9.17, 15) is 4.79 Å². The molecule has 4 aromatic rings. The highest BCUT2D eigenvalue weighted by Crippen LogP contribution is 2.29. The number of anilines is 1. The molecule has 0 bridgehead atoms. The molecule has 0 saturated carbocycles. The number of rotatable bonds is 7. The molecule has 0 unspecified atom stereocenters. The van der Waals surface area contributed by atoms with Gasteiger partial charge in [-0.1, -0.05) is 29.4 Å². The number of aromatic nitrogens is 4. The minimum absolute atomic E-state index is 0.0830. The van der Waals surface area contributed by atoms with Crippen LogP contribution in [0.4, 0.5) is 5.69 Å². The number of halogens is 1. The van der Waals surface area contributed by atoms with Crippen molar-refractivity contribution in [1.29, 1.82) is 0 Å². The number of pyridine rings is 1. The SMILES string of the molecule is COc1ccc(-n2c(SCC(=O)N3CCN(c4cc(Cl)ccc4C)CC3)nnc2-c2cccnc2)cc1. The average molecular weight is 535 g/mol. The number of piperazine rings is 1. The van der Waals surface area contributed by atoms with E-state index in [1.807, 2.05) is 64.1 Å². The summed E-state index contributed by atoms with van der Waals surface area (Å²) in [7, 11) is 1.64. The Morgan fingerprint density at radius 2 is 1.84 bits per heavy atom. The second-order valence-corrected chi connectivity index (χ2v) is 10.0. The van der Waals surface area contributed by atoms with Gasteiger partial charge < -0.3 is 14.5 Å². The molecule has 0 N–H and O–H groups in total. The van der Waals surface area contributed by atoms with Crippen LogP contribution < -0.4 is 9.64 Å². The Bertz CT molecular complexity index is 1370. The molecule has 190 valence electrons. The fourth-order valence-corrected chi connectivity index (χ4v) is 5.37. The van der Waals surface area contributed by atoms with Crippen LogP contribution in [0.25, 0.3) is 17.1 Å². The molecule has 0 radical (unpaired) electrons. The number of ether oxygens (including phenoxy) is 1. The summed E-state index contributed by atoms with van der Waals surface area (Å²) in [5.41, 5.74) is 4.04. The molecule has 1 fully saturated rings. The number of amides is 1. The van der Waals surface area contributed by atoms with Crippen molar-refractivity contribution >= 4 is 35.0 Å². The summed E-state index contributed by atoms with van der Waals surface area (Å²) < 4.78 is 7.26. The summed E-state index contributed by atoms with van der Waals surface area (Å²) >= 11 is 7.60. The number of nitrogens with zero attached hydrogens (tertiary/aromatic N) is 6. The lowest BCUT2D eigenvalue weighted by Crippen LogP contribution is -2.49. The van der Waals surface area contributed by atoms with E-state index in [0.717, 1.165) is 40.8 Å². The first-order chi connectivity index (χ1) is 18.0. The number of aryl methyl sites for hydroxylation is 1. The summed E-state index contributed by atoms with van der Waals surface area (Å²) in [6.07, 6.45) is 3.48. The Kier molecular flexibility index (Phi) is 7.62. The van der Waals surface area contributed by atoms with Crippen molar-refractivity contribution in [2.45, 2.75) is 12.1 Å². The van der Waals surface area contributed by atoms with Crippen molar-refractivity contribution in [3.63, 3.8) is 0 Å². The summed E-state index contributed by atoms with van der Waals surface area (Å²) in [5, 5.41) is 10.2. The number of hydrogen-bond acceptors (Lipinski definition) is 7. The maximum Gasteiger partial charge on any atom is 0.233 e. The zero-order valence-electron chi connectivity index (χ0n) is 20.7. The number of methoxy groups -OCH3 is 1. The minimum atomic E-state index is 0.0830. The summed E-state index contributed by atoms with van der Waals surface area (Å²) in [6.45, 7) is 4.95. The predicted molar refractivity (Wildman–Crippen MR) is 147 cm³/mol. The summed E-state index contributed by atoms with van der Waals surface area (Å²) in [4.78, 5) is 21.6. The molecular weight excluding hydrogens is 508 g/mol. The highest BCUT2D eigenvalue weighted by Gasteiger charge is 2.24. The summed E-state index contributed by atoms with van der Waals surface area (Å²) in [6, 6.07) is 17.4. The van der Waals surface area contributed by atoms with Crippen LogP contribution in [0.5, 0.6) is 5.75 Å². The van der Waals surface area contributed by atoms with E-state index in [4.69, 9.17) is 16.3 Å². The Morgan fingerprint density at radius 1 is 1.05 bits per heavy atom. The smallest absolute Gasteiger partial charge is 0.233 e. The van der Waals surface area contributed by atoms with Crippen LogP contribution in [0.3, 0.4) is 0 Å². The van der Waals surface area contributed by atoms with E-state index >= 15 is 0 Å². The molecule has 1 amide bonds. The van der Waals surface area contributed by atoms with E-state index in [2.05, 4.69) is 27.0 Å². The lowest BCUT2D eigenvalue weighted by Gasteiger charge is -2.36. The van der Waals surface area contributed by atoms with Crippen LogP contribution in [0.2, 0.25) is 5.02 Å². The van der Waals surface area contributed by atoms with Gasteiger partial charge in [0.15, 0.2) is 11.0 Å². The number of carbonyl (C=O) groups excluding carboxylic acids is 1. The van der Waals surface area contributed by atoms with E-state index in [1.165, 1.54) is 17.3 Å². The number of thioether (sulfide) groups is 1. The van der Waals surface area contributed by atoms with Crippen molar-refractivity contribution < 1.29 is 9.53 Å². The van der Waals surface area contributed by atoms with Gasteiger partial charge in [-0.3, -0.25) is 14.3 Å². The third kappa shape index (κ3) is 5.57. The van der Waals surface area contributed by atoms with Crippen molar-refractivity contribution in [1.82, 2.24) is 24.6 Å². The van der Waals surface area contributed by atoms with Gasteiger partial charge in [0.05, 0.1) is 12.9 Å². The molecule has 37 heavy (non-hydrogen) atoms. The Morgan fingerprint density at radius 3 is 2.54 bits per heavy atom. The molecule has 1 aliphatic rings. The second kappa shape index (κ2) is 11.2. The van der Waals surface area contributed by atoms with Gasteiger partial charge in [-0.05, 0) is 61.0 Å². The first-order valence-corrected chi connectivity index (χ1v) is 13.3. The fourth-order valence-electron chi connectivity index (χ4n) is 4.35. The Hall–Kier alpha value is -3.56. The first kappa shape index (κ1) is 25.1. The molecule has 0 spiro atoms. The van der Waals surface area contributed by atoms with Gasteiger partial charge >= 0.3 is 0 Å². The average Bonchev–Trinajstić information content (AvgIpc) is 3.37. The van der Waals surface area contributed by atoms with Crippen LogP contribution >= 0.6 is 23.4 Å². The van der Waals surface area contributed by atoms with Crippen molar-refractivity contribution in [2.75, 3.05) is 43.9 Å². The lowest BCUT2D eigenvalue weighted by molar-refractivity contribution is -0.128. The predicted octanol–water partition coefficient (Wildman–Crippen LogP) is 4.74. The zero-order valence-corrected chi connectivity index (χ0v) is 22.2. The van der Waals surface area contributed by atoms with E-state index in [-0.39, 0.29) is 11.7 Å². The molecule has 0 atom stereocenters. The molecular formula is C27H27ClN6O2S. The van der Waals surface area contributed by atoms with Crippen LogP contribution in [-0.4, -0.2) is 69.6 Å². The molecule has 3 heterocycles. The van der Waals surface area contributed by atoms with Gasteiger partial charge in [0.1, 0.15) is 5.75 Å². The quantitative estimate of drug-likeness (QED) is 0.317.